The van der Waals surface area contributed by atoms with Gasteiger partial charge in [0.2, 0.25) is 10.0 Å². The summed E-state index contributed by atoms with van der Waals surface area (Å²) in [5.74, 6) is 1.83. The highest BCUT2D eigenvalue weighted by atomic mass is 32.2. The van der Waals surface area contributed by atoms with Crippen molar-refractivity contribution in [3.8, 4) is 0 Å². The van der Waals surface area contributed by atoms with E-state index in [2.05, 4.69) is 14.7 Å². The Kier molecular flexibility index (Phi) is 3.98. The molecule has 1 N–H and O–H groups in total. The lowest BCUT2D eigenvalue weighted by atomic mass is 10.2. The molecule has 3 heterocycles. The van der Waals surface area contributed by atoms with Crippen molar-refractivity contribution in [1.82, 2.24) is 19.4 Å². The summed E-state index contributed by atoms with van der Waals surface area (Å²) in [5.41, 5.74) is 1.10. The van der Waals surface area contributed by atoms with Gasteiger partial charge in [0, 0.05) is 25.8 Å². The molecule has 1 fully saturated rings. The van der Waals surface area contributed by atoms with Gasteiger partial charge in [-0.2, -0.15) is 5.10 Å². The van der Waals surface area contributed by atoms with Crippen LogP contribution in [-0.4, -0.2) is 41.4 Å². The van der Waals surface area contributed by atoms with Crippen LogP contribution in [0.2, 0.25) is 0 Å². The third kappa shape index (κ3) is 3.26. The number of aryl methyl sites for hydroxylation is 1. The van der Waals surface area contributed by atoms with Crippen molar-refractivity contribution in [1.29, 1.82) is 0 Å². The maximum atomic E-state index is 12.1. The van der Waals surface area contributed by atoms with Crippen LogP contribution >= 0.6 is 0 Å². The first-order chi connectivity index (χ1) is 11.5. The fourth-order valence-corrected chi connectivity index (χ4v) is 4.65. The standard InChI is InChI=1S/C16H22N4O3S/c1-12-2-3-15(23-12)11-19-9-13-6-7-17-20(13)14(10-19)8-18-24(21,22)16-4-5-16/h2-3,6-7,14,16,18H,4-5,8-11H2,1H3/t14-/m0/s1. The fourth-order valence-electron chi connectivity index (χ4n) is 3.24. The zero-order valence-electron chi connectivity index (χ0n) is 13.7. The molecule has 2 aromatic heterocycles. The molecule has 130 valence electrons. The molecule has 1 atom stereocenters. The van der Waals surface area contributed by atoms with Gasteiger partial charge in [0.15, 0.2) is 0 Å². The maximum Gasteiger partial charge on any atom is 0.214 e. The zero-order chi connectivity index (χ0) is 16.7. The molecule has 0 radical (unpaired) electrons. The van der Waals surface area contributed by atoms with Gasteiger partial charge in [-0.3, -0.25) is 9.58 Å². The van der Waals surface area contributed by atoms with Gasteiger partial charge < -0.3 is 4.42 Å². The SMILES string of the molecule is Cc1ccc(CN2Cc3ccnn3[C@@H](CNS(=O)(=O)C3CC3)C2)o1. The van der Waals surface area contributed by atoms with Gasteiger partial charge in [0.25, 0.3) is 0 Å². The lowest BCUT2D eigenvalue weighted by Crippen LogP contribution is -2.43. The lowest BCUT2D eigenvalue weighted by Gasteiger charge is -2.33. The number of hydrogen-bond acceptors (Lipinski definition) is 5. The molecule has 4 rings (SSSR count). The molecule has 0 aromatic carbocycles. The van der Waals surface area contributed by atoms with Gasteiger partial charge >= 0.3 is 0 Å². The number of aromatic nitrogens is 2. The van der Waals surface area contributed by atoms with E-state index in [1.54, 1.807) is 6.20 Å². The lowest BCUT2D eigenvalue weighted by molar-refractivity contribution is 0.157. The quantitative estimate of drug-likeness (QED) is 0.852. The minimum Gasteiger partial charge on any atom is -0.465 e. The predicted molar refractivity (Wildman–Crippen MR) is 88.8 cm³/mol. The first kappa shape index (κ1) is 15.9. The van der Waals surface area contributed by atoms with Crippen LogP contribution in [0.1, 0.15) is 36.1 Å². The van der Waals surface area contributed by atoms with E-state index in [9.17, 15) is 8.42 Å². The van der Waals surface area contributed by atoms with Crippen molar-refractivity contribution in [3.05, 3.63) is 41.6 Å². The van der Waals surface area contributed by atoms with Crippen LogP contribution < -0.4 is 4.72 Å². The summed E-state index contributed by atoms with van der Waals surface area (Å²) < 4.78 is 34.6. The van der Waals surface area contributed by atoms with Crippen LogP contribution in [0.4, 0.5) is 0 Å². The van der Waals surface area contributed by atoms with E-state index in [-0.39, 0.29) is 11.3 Å². The number of rotatable bonds is 6. The molecule has 1 aliphatic carbocycles. The normalized spacial score (nSPS) is 21.8. The Balaban J connectivity index is 1.46. The molecular formula is C16H22N4O3S. The number of furan rings is 1. The minimum absolute atomic E-state index is 0.00617. The molecule has 0 saturated heterocycles. The Morgan fingerprint density at radius 2 is 2.17 bits per heavy atom. The van der Waals surface area contributed by atoms with Crippen LogP contribution in [0.5, 0.6) is 0 Å². The van der Waals surface area contributed by atoms with E-state index >= 15 is 0 Å². The summed E-state index contributed by atoms with van der Waals surface area (Å²) in [6.07, 6.45) is 3.33. The highest BCUT2D eigenvalue weighted by molar-refractivity contribution is 7.90. The van der Waals surface area contributed by atoms with E-state index in [4.69, 9.17) is 4.42 Å². The Labute approximate surface area is 141 Å². The van der Waals surface area contributed by atoms with Crippen molar-refractivity contribution in [3.63, 3.8) is 0 Å². The first-order valence-corrected chi connectivity index (χ1v) is 9.84. The second kappa shape index (κ2) is 6.02. The Morgan fingerprint density at radius 1 is 1.33 bits per heavy atom. The molecule has 0 bridgehead atoms. The van der Waals surface area contributed by atoms with Crippen LogP contribution in [-0.2, 0) is 23.1 Å². The number of nitrogens with zero attached hydrogens (tertiary/aromatic N) is 3. The van der Waals surface area contributed by atoms with Crippen LogP contribution in [0.3, 0.4) is 0 Å². The number of hydrogen-bond donors (Lipinski definition) is 1. The van der Waals surface area contributed by atoms with E-state index in [1.807, 2.05) is 29.8 Å². The summed E-state index contributed by atoms with van der Waals surface area (Å²) in [4.78, 5) is 2.27. The molecule has 0 unspecified atom stereocenters. The van der Waals surface area contributed by atoms with E-state index in [1.165, 1.54) is 0 Å². The zero-order valence-corrected chi connectivity index (χ0v) is 14.5. The molecule has 24 heavy (non-hydrogen) atoms. The van der Waals surface area contributed by atoms with Gasteiger partial charge in [0.1, 0.15) is 11.5 Å². The summed E-state index contributed by atoms with van der Waals surface area (Å²) in [7, 11) is -3.17. The molecule has 7 nitrogen and oxygen atoms in total. The number of sulfonamides is 1. The number of fused-ring (bicyclic) bond motifs is 1. The molecule has 2 aliphatic rings. The van der Waals surface area contributed by atoms with Gasteiger partial charge in [-0.1, -0.05) is 0 Å². The van der Waals surface area contributed by atoms with Gasteiger partial charge in [-0.05, 0) is 38.0 Å². The largest absolute Gasteiger partial charge is 0.465 e. The van der Waals surface area contributed by atoms with E-state index < -0.39 is 10.0 Å². The van der Waals surface area contributed by atoms with Gasteiger partial charge in [0.05, 0.1) is 23.5 Å². The van der Waals surface area contributed by atoms with Crippen molar-refractivity contribution in [2.45, 2.75) is 44.1 Å². The van der Waals surface area contributed by atoms with Crippen LogP contribution in [0, 0.1) is 6.92 Å². The Bertz CT molecular complexity index is 822. The second-order valence-electron chi connectivity index (χ2n) is 6.70. The molecule has 2 aromatic rings. The maximum absolute atomic E-state index is 12.1. The van der Waals surface area contributed by atoms with Crippen molar-refractivity contribution < 1.29 is 12.8 Å². The summed E-state index contributed by atoms with van der Waals surface area (Å²) in [6, 6.07) is 5.94. The van der Waals surface area contributed by atoms with E-state index in [0.717, 1.165) is 43.1 Å². The average molecular weight is 350 g/mol. The molecule has 0 spiro atoms. The second-order valence-corrected chi connectivity index (χ2v) is 8.74. The summed E-state index contributed by atoms with van der Waals surface area (Å²) in [6.45, 7) is 4.55. The third-order valence-electron chi connectivity index (χ3n) is 4.61. The first-order valence-electron chi connectivity index (χ1n) is 8.30. The molecule has 1 saturated carbocycles. The van der Waals surface area contributed by atoms with Crippen molar-refractivity contribution >= 4 is 10.0 Å². The van der Waals surface area contributed by atoms with Crippen molar-refractivity contribution in [2.24, 2.45) is 0 Å². The fraction of sp³-hybridized carbons (Fsp3) is 0.562. The number of nitrogens with one attached hydrogen (secondary N) is 1. The highest BCUT2D eigenvalue weighted by Gasteiger charge is 2.36. The summed E-state index contributed by atoms with van der Waals surface area (Å²) >= 11 is 0. The van der Waals surface area contributed by atoms with Crippen molar-refractivity contribution in [2.75, 3.05) is 13.1 Å². The van der Waals surface area contributed by atoms with Gasteiger partial charge in [-0.25, -0.2) is 13.1 Å². The topological polar surface area (TPSA) is 80.4 Å². The smallest absolute Gasteiger partial charge is 0.214 e. The van der Waals surface area contributed by atoms with Crippen LogP contribution in [0.15, 0.2) is 28.8 Å². The molecule has 8 heteroatoms. The average Bonchev–Trinajstić information content (AvgIpc) is 3.18. The molecule has 1 aliphatic heterocycles. The molecular weight excluding hydrogens is 328 g/mol. The highest BCUT2D eigenvalue weighted by Crippen LogP contribution is 2.28. The van der Waals surface area contributed by atoms with Crippen LogP contribution in [0.25, 0.3) is 0 Å². The molecule has 0 amide bonds. The third-order valence-corrected chi connectivity index (χ3v) is 6.53. The summed E-state index contributed by atoms with van der Waals surface area (Å²) in [5, 5.41) is 4.18. The Morgan fingerprint density at radius 3 is 2.88 bits per heavy atom. The minimum atomic E-state index is -3.17. The van der Waals surface area contributed by atoms with E-state index in [0.29, 0.717) is 13.1 Å². The monoisotopic (exact) mass is 350 g/mol. The predicted octanol–water partition coefficient (Wildman–Crippen LogP) is 1.42. The van der Waals surface area contributed by atoms with Gasteiger partial charge in [-0.15, -0.1) is 0 Å². The Hall–Kier alpha value is -1.64.